The molecule has 1 aromatic rings. The van der Waals surface area contributed by atoms with Gasteiger partial charge in [-0.25, -0.2) is 4.98 Å². The van der Waals surface area contributed by atoms with E-state index in [1.165, 1.54) is 31.5 Å². The van der Waals surface area contributed by atoms with Gasteiger partial charge < -0.3 is 11.1 Å². The minimum Gasteiger partial charge on any atom is -0.384 e. The van der Waals surface area contributed by atoms with Crippen LogP contribution in [-0.2, 0) is 0 Å². The Morgan fingerprint density at radius 3 is 3.11 bits per heavy atom. The highest BCUT2D eigenvalue weighted by atomic mass is 35.5. The summed E-state index contributed by atoms with van der Waals surface area (Å²) in [6, 6.07) is 1.77. The van der Waals surface area contributed by atoms with Crippen molar-refractivity contribution in [3.8, 4) is 0 Å². The zero-order chi connectivity index (χ0) is 13.8. The average Bonchev–Trinajstić information content (AvgIpc) is 2.41. The predicted molar refractivity (Wildman–Crippen MR) is 77.2 cm³/mol. The van der Waals surface area contributed by atoms with E-state index in [0.29, 0.717) is 16.4 Å². The molecule has 4 nitrogen and oxygen atoms in total. The molecule has 0 aliphatic heterocycles. The summed E-state index contributed by atoms with van der Waals surface area (Å²) in [7, 11) is 0. The molecule has 19 heavy (non-hydrogen) atoms. The van der Waals surface area contributed by atoms with Crippen molar-refractivity contribution < 1.29 is 4.79 Å². The van der Waals surface area contributed by atoms with Gasteiger partial charge in [-0.15, -0.1) is 0 Å². The van der Waals surface area contributed by atoms with Crippen molar-refractivity contribution in [1.82, 2.24) is 10.3 Å². The molecule has 1 saturated carbocycles. The Bertz CT molecular complexity index is 464. The van der Waals surface area contributed by atoms with Gasteiger partial charge in [-0.2, -0.15) is 0 Å². The van der Waals surface area contributed by atoms with E-state index in [1.54, 1.807) is 0 Å². The van der Waals surface area contributed by atoms with Gasteiger partial charge in [0, 0.05) is 12.2 Å². The SMILES string of the molecule is CCC1CCCC(NC(=O)c2cc(N)ncc2Cl)C1. The molecule has 0 bridgehead atoms. The fourth-order valence-electron chi connectivity index (χ4n) is 2.68. The maximum atomic E-state index is 12.2. The smallest absolute Gasteiger partial charge is 0.253 e. The van der Waals surface area contributed by atoms with Gasteiger partial charge in [-0.05, 0) is 24.8 Å². The third-order valence-corrected chi connectivity index (χ3v) is 4.12. The van der Waals surface area contributed by atoms with Crippen LogP contribution in [0.5, 0.6) is 0 Å². The van der Waals surface area contributed by atoms with Crippen molar-refractivity contribution in [2.75, 3.05) is 5.73 Å². The molecule has 1 amide bonds. The number of aromatic nitrogens is 1. The Balaban J connectivity index is 2.02. The topological polar surface area (TPSA) is 68.0 Å². The lowest BCUT2D eigenvalue weighted by atomic mass is 9.84. The van der Waals surface area contributed by atoms with E-state index >= 15 is 0 Å². The highest BCUT2D eigenvalue weighted by molar-refractivity contribution is 6.33. The van der Waals surface area contributed by atoms with E-state index in [-0.39, 0.29) is 11.9 Å². The number of amides is 1. The van der Waals surface area contributed by atoms with Crippen LogP contribution in [0.15, 0.2) is 12.3 Å². The molecule has 2 atom stereocenters. The third-order valence-electron chi connectivity index (χ3n) is 3.82. The van der Waals surface area contributed by atoms with Gasteiger partial charge in [0.05, 0.1) is 10.6 Å². The van der Waals surface area contributed by atoms with Crippen LogP contribution in [0.1, 0.15) is 49.4 Å². The Morgan fingerprint density at radius 2 is 2.37 bits per heavy atom. The summed E-state index contributed by atoms with van der Waals surface area (Å²) >= 11 is 5.99. The maximum Gasteiger partial charge on any atom is 0.253 e. The minimum absolute atomic E-state index is 0.152. The number of halogens is 1. The number of carbonyl (C=O) groups excluding carboxylic acids is 1. The molecule has 1 fully saturated rings. The lowest BCUT2D eigenvalue weighted by molar-refractivity contribution is 0.0919. The van der Waals surface area contributed by atoms with Crippen LogP contribution >= 0.6 is 11.6 Å². The fraction of sp³-hybridized carbons (Fsp3) is 0.571. The lowest BCUT2D eigenvalue weighted by Gasteiger charge is -2.29. The number of nitrogens with zero attached hydrogens (tertiary/aromatic N) is 1. The first-order chi connectivity index (χ1) is 9.10. The number of nitrogens with one attached hydrogen (secondary N) is 1. The summed E-state index contributed by atoms with van der Waals surface area (Å²) in [5, 5.41) is 3.40. The summed E-state index contributed by atoms with van der Waals surface area (Å²) in [4.78, 5) is 16.1. The van der Waals surface area contributed by atoms with Crippen LogP contribution in [0, 0.1) is 5.92 Å². The van der Waals surface area contributed by atoms with Gasteiger partial charge in [-0.1, -0.05) is 37.8 Å². The highest BCUT2D eigenvalue weighted by Gasteiger charge is 2.23. The monoisotopic (exact) mass is 281 g/mol. The van der Waals surface area contributed by atoms with E-state index < -0.39 is 0 Å². The van der Waals surface area contributed by atoms with Crippen LogP contribution in [-0.4, -0.2) is 16.9 Å². The molecule has 1 aromatic heterocycles. The van der Waals surface area contributed by atoms with E-state index in [2.05, 4.69) is 17.2 Å². The van der Waals surface area contributed by atoms with Crippen molar-refractivity contribution in [2.45, 2.75) is 45.1 Å². The molecule has 2 unspecified atom stereocenters. The van der Waals surface area contributed by atoms with E-state index in [9.17, 15) is 4.79 Å². The Morgan fingerprint density at radius 1 is 1.58 bits per heavy atom. The van der Waals surface area contributed by atoms with Crippen molar-refractivity contribution in [3.63, 3.8) is 0 Å². The quantitative estimate of drug-likeness (QED) is 0.895. The van der Waals surface area contributed by atoms with Gasteiger partial charge >= 0.3 is 0 Å². The van der Waals surface area contributed by atoms with Gasteiger partial charge in [0.1, 0.15) is 5.82 Å². The molecule has 1 aliphatic carbocycles. The second kappa shape index (κ2) is 6.24. The first-order valence-corrected chi connectivity index (χ1v) is 7.19. The van der Waals surface area contributed by atoms with Gasteiger partial charge in [-0.3, -0.25) is 4.79 Å². The molecular formula is C14H20ClN3O. The van der Waals surface area contributed by atoms with Crippen molar-refractivity contribution in [1.29, 1.82) is 0 Å². The van der Waals surface area contributed by atoms with Gasteiger partial charge in [0.2, 0.25) is 0 Å². The van der Waals surface area contributed by atoms with Crippen molar-refractivity contribution >= 4 is 23.3 Å². The first-order valence-electron chi connectivity index (χ1n) is 6.82. The summed E-state index contributed by atoms with van der Waals surface area (Å²) in [5.74, 6) is 0.877. The standard InChI is InChI=1S/C14H20ClN3O/c1-2-9-4-3-5-10(6-9)18-14(19)11-7-13(16)17-8-12(11)15/h7-10H,2-6H2,1H3,(H2,16,17)(H,18,19). The number of rotatable bonds is 3. The Kier molecular flexibility index (Phi) is 4.64. The van der Waals surface area contributed by atoms with Gasteiger partial charge in [0.25, 0.3) is 5.91 Å². The predicted octanol–water partition coefficient (Wildman–Crippen LogP) is 3.02. The van der Waals surface area contributed by atoms with Crippen molar-refractivity contribution in [3.05, 3.63) is 22.8 Å². The molecule has 5 heteroatoms. The molecule has 1 heterocycles. The minimum atomic E-state index is -0.152. The molecule has 1 aliphatic rings. The lowest BCUT2D eigenvalue weighted by Crippen LogP contribution is -2.38. The second-order valence-corrected chi connectivity index (χ2v) is 5.61. The third kappa shape index (κ3) is 3.60. The number of hydrogen-bond acceptors (Lipinski definition) is 3. The number of hydrogen-bond donors (Lipinski definition) is 2. The summed E-state index contributed by atoms with van der Waals surface area (Å²) in [6.45, 7) is 2.20. The number of nitrogens with two attached hydrogens (primary N) is 1. The number of anilines is 1. The zero-order valence-electron chi connectivity index (χ0n) is 11.2. The summed E-state index contributed by atoms with van der Waals surface area (Å²) < 4.78 is 0. The van der Waals surface area contributed by atoms with Crippen molar-refractivity contribution in [2.24, 2.45) is 5.92 Å². The molecule has 2 rings (SSSR count). The normalized spacial score (nSPS) is 23.1. The second-order valence-electron chi connectivity index (χ2n) is 5.20. The van der Waals surface area contributed by atoms with Gasteiger partial charge in [0.15, 0.2) is 0 Å². The van der Waals surface area contributed by atoms with Crippen LogP contribution in [0.3, 0.4) is 0 Å². The maximum absolute atomic E-state index is 12.2. The van der Waals surface area contributed by atoms with Crippen LogP contribution in [0.2, 0.25) is 5.02 Å². The number of carbonyl (C=O) groups is 1. The van der Waals surface area contributed by atoms with E-state index in [1.807, 2.05) is 0 Å². The molecule has 0 saturated heterocycles. The Hall–Kier alpha value is -1.29. The average molecular weight is 282 g/mol. The zero-order valence-corrected chi connectivity index (χ0v) is 11.9. The molecule has 0 radical (unpaired) electrons. The van der Waals surface area contributed by atoms with E-state index in [4.69, 9.17) is 17.3 Å². The fourth-order valence-corrected chi connectivity index (χ4v) is 2.87. The van der Waals surface area contributed by atoms with E-state index in [0.717, 1.165) is 18.8 Å². The molecule has 0 aromatic carbocycles. The van der Waals surface area contributed by atoms with Crippen LogP contribution in [0.25, 0.3) is 0 Å². The first kappa shape index (κ1) is 14.1. The highest BCUT2D eigenvalue weighted by Crippen LogP contribution is 2.27. The molecule has 0 spiro atoms. The number of pyridine rings is 1. The summed E-state index contributed by atoms with van der Waals surface area (Å²) in [5.41, 5.74) is 6.00. The number of nitrogen functional groups attached to an aromatic ring is 1. The molecule has 104 valence electrons. The largest absolute Gasteiger partial charge is 0.384 e. The Labute approximate surface area is 118 Å². The van der Waals surface area contributed by atoms with Crippen LogP contribution < -0.4 is 11.1 Å². The molecule has 3 N–H and O–H groups in total. The summed E-state index contributed by atoms with van der Waals surface area (Å²) in [6.07, 6.45) is 7.14. The van der Waals surface area contributed by atoms with Crippen LogP contribution in [0.4, 0.5) is 5.82 Å². The molecular weight excluding hydrogens is 262 g/mol.